The molecule has 2 aliphatic heterocycles. The normalized spacial score (nSPS) is 36.9. The average molecular weight is 535 g/mol. The van der Waals surface area contributed by atoms with Gasteiger partial charge in [0.15, 0.2) is 6.23 Å². The fraction of sp³-hybridized carbons (Fsp3) is 0.765. The van der Waals surface area contributed by atoms with E-state index in [-0.39, 0.29) is 30.5 Å². The van der Waals surface area contributed by atoms with Gasteiger partial charge in [-0.25, -0.2) is 9.98 Å². The molecule has 39 heavy (non-hydrogen) atoms. The molecule has 0 aromatic carbocycles. The van der Waals surface area contributed by atoms with E-state index in [2.05, 4.69) is 32.1 Å². The van der Waals surface area contributed by atoms with Crippen LogP contribution in [0.2, 0.25) is 0 Å². The third kappa shape index (κ3) is 6.06. The van der Waals surface area contributed by atoms with Crippen molar-refractivity contribution in [3.63, 3.8) is 0 Å². The van der Waals surface area contributed by atoms with Crippen LogP contribution in [0.4, 0.5) is 0 Å². The van der Waals surface area contributed by atoms with E-state index in [1.165, 1.54) is 62.5 Å². The number of ether oxygens (including phenoxy) is 2. The van der Waals surface area contributed by atoms with Crippen LogP contribution in [0.25, 0.3) is 0 Å². The summed E-state index contributed by atoms with van der Waals surface area (Å²) in [5.41, 5.74) is 5.51. The van der Waals surface area contributed by atoms with Gasteiger partial charge in [-0.15, -0.1) is 0 Å². The molecule has 0 bridgehead atoms. The van der Waals surface area contributed by atoms with Crippen molar-refractivity contribution in [1.82, 2.24) is 0 Å². The van der Waals surface area contributed by atoms with Crippen LogP contribution >= 0.6 is 0 Å². The molecule has 8 unspecified atom stereocenters. The summed E-state index contributed by atoms with van der Waals surface area (Å²) in [4.78, 5) is 10.2. The van der Waals surface area contributed by atoms with Gasteiger partial charge in [0.25, 0.3) is 0 Å². The number of aliphatic hydroxyl groups excluding tert-OH is 1. The molecule has 5 heteroatoms. The van der Waals surface area contributed by atoms with Crippen molar-refractivity contribution in [1.29, 1.82) is 0 Å². The van der Waals surface area contributed by atoms with Gasteiger partial charge in [0, 0.05) is 18.3 Å². The van der Waals surface area contributed by atoms with Gasteiger partial charge in [-0.2, -0.15) is 0 Å². The Labute approximate surface area is 235 Å². The first-order valence-electron chi connectivity index (χ1n) is 16.4. The lowest BCUT2D eigenvalue weighted by atomic mass is 9.70. The lowest BCUT2D eigenvalue weighted by Gasteiger charge is -2.34. The van der Waals surface area contributed by atoms with E-state index < -0.39 is 0 Å². The van der Waals surface area contributed by atoms with E-state index in [1.54, 1.807) is 5.57 Å². The molecule has 0 aromatic rings. The number of aliphatic imine (C=N–C) groups is 2. The summed E-state index contributed by atoms with van der Waals surface area (Å²) >= 11 is 0. The highest BCUT2D eigenvalue weighted by Crippen LogP contribution is 2.49. The number of hydrogen-bond acceptors (Lipinski definition) is 5. The molecular formula is C34H50N2O3. The summed E-state index contributed by atoms with van der Waals surface area (Å²) in [6, 6.07) is 0. The van der Waals surface area contributed by atoms with Gasteiger partial charge >= 0.3 is 0 Å². The molecule has 3 fully saturated rings. The van der Waals surface area contributed by atoms with E-state index in [0.29, 0.717) is 11.8 Å². The van der Waals surface area contributed by atoms with Crippen molar-refractivity contribution in [2.24, 2.45) is 33.7 Å². The molecule has 0 amide bonds. The summed E-state index contributed by atoms with van der Waals surface area (Å²) in [7, 11) is 0. The van der Waals surface area contributed by atoms with Crippen LogP contribution in [0.5, 0.6) is 0 Å². The molecule has 6 aliphatic rings. The van der Waals surface area contributed by atoms with Crippen LogP contribution in [-0.2, 0) is 9.47 Å². The number of fused-ring (bicyclic) bond motifs is 4. The lowest BCUT2D eigenvalue weighted by Crippen LogP contribution is -2.35. The molecule has 214 valence electrons. The number of allylic oxidation sites excluding steroid dienone is 3. The summed E-state index contributed by atoms with van der Waals surface area (Å²) in [5, 5.41) is 10.9. The Hall–Kier alpha value is -1.56. The van der Waals surface area contributed by atoms with E-state index in [1.807, 2.05) is 0 Å². The quantitative estimate of drug-likeness (QED) is 0.312. The van der Waals surface area contributed by atoms with Gasteiger partial charge in [0.05, 0.1) is 30.6 Å². The SMILES string of the molecule is CCCCC(CC)COC1CC(C2=CCC3OC4C=C5CCCCC5CC4C3=C2)=NC(C2CCCCC2O)=N1. The Morgan fingerprint density at radius 3 is 2.82 bits per heavy atom. The molecular weight excluding hydrogens is 484 g/mol. The Kier molecular flexibility index (Phi) is 8.87. The molecule has 5 nitrogen and oxygen atoms in total. The summed E-state index contributed by atoms with van der Waals surface area (Å²) in [6.45, 7) is 5.29. The van der Waals surface area contributed by atoms with Crippen molar-refractivity contribution < 1.29 is 14.6 Å². The van der Waals surface area contributed by atoms with Crippen LogP contribution < -0.4 is 0 Å². The van der Waals surface area contributed by atoms with Gasteiger partial charge in [0.2, 0.25) is 0 Å². The molecule has 0 aromatic heterocycles. The van der Waals surface area contributed by atoms with Crippen LogP contribution in [-0.4, -0.2) is 47.8 Å². The second kappa shape index (κ2) is 12.5. The largest absolute Gasteiger partial charge is 0.392 e. The molecule has 1 saturated heterocycles. The Balaban J connectivity index is 1.22. The van der Waals surface area contributed by atoms with Crippen molar-refractivity contribution in [3.05, 3.63) is 34.9 Å². The molecule has 1 N–H and O–H groups in total. The predicted octanol–water partition coefficient (Wildman–Crippen LogP) is 7.50. The predicted molar refractivity (Wildman–Crippen MR) is 158 cm³/mol. The summed E-state index contributed by atoms with van der Waals surface area (Å²) < 4.78 is 13.1. The zero-order valence-electron chi connectivity index (χ0n) is 24.3. The number of nitrogens with zero attached hydrogens (tertiary/aromatic N) is 2. The number of aliphatic hydroxyl groups is 1. The Bertz CT molecular complexity index is 1040. The maximum absolute atomic E-state index is 10.9. The van der Waals surface area contributed by atoms with Crippen molar-refractivity contribution >= 4 is 11.5 Å². The van der Waals surface area contributed by atoms with Crippen LogP contribution in [0.3, 0.4) is 0 Å². The van der Waals surface area contributed by atoms with Crippen LogP contribution in [0, 0.1) is 23.7 Å². The van der Waals surface area contributed by atoms with Crippen molar-refractivity contribution in [2.75, 3.05) is 6.61 Å². The smallest absolute Gasteiger partial charge is 0.155 e. The number of unbranched alkanes of at least 4 members (excludes halogenated alkanes) is 1. The van der Waals surface area contributed by atoms with Gasteiger partial charge in [-0.05, 0) is 74.3 Å². The topological polar surface area (TPSA) is 63.4 Å². The molecule has 2 saturated carbocycles. The molecule has 0 spiro atoms. The van der Waals surface area contributed by atoms with E-state index in [0.717, 1.165) is 69.0 Å². The van der Waals surface area contributed by atoms with Crippen LogP contribution in [0.15, 0.2) is 44.9 Å². The van der Waals surface area contributed by atoms with Gasteiger partial charge < -0.3 is 14.6 Å². The molecule has 8 atom stereocenters. The van der Waals surface area contributed by atoms with Crippen molar-refractivity contribution in [2.45, 2.75) is 135 Å². The maximum Gasteiger partial charge on any atom is 0.155 e. The number of amidine groups is 1. The molecule has 6 rings (SSSR count). The summed E-state index contributed by atoms with van der Waals surface area (Å²) in [5.74, 6) is 2.70. The molecule has 0 radical (unpaired) electrons. The minimum absolute atomic E-state index is 0.0270. The standard InChI is InChI=1S/C34H50N2O3/c1-3-5-10-22(4-2)21-38-33-20-29(35-34(36-33)26-13-8-9-14-30(26)37)25-15-16-31-27(18-25)28-17-23-11-6-7-12-24(23)19-32(28)39-31/h15,18-19,22-23,26,28,30-33,37H,3-14,16-17,20-21H2,1-2H3. The second-order valence-electron chi connectivity index (χ2n) is 13.1. The monoisotopic (exact) mass is 534 g/mol. The van der Waals surface area contributed by atoms with Gasteiger partial charge in [-0.3, -0.25) is 0 Å². The highest BCUT2D eigenvalue weighted by molar-refractivity contribution is 6.11. The first kappa shape index (κ1) is 27.6. The number of hydrogen-bond donors (Lipinski definition) is 1. The average Bonchev–Trinajstić information content (AvgIpc) is 3.32. The highest BCUT2D eigenvalue weighted by Gasteiger charge is 2.44. The highest BCUT2D eigenvalue weighted by atomic mass is 16.5. The minimum Gasteiger partial charge on any atom is -0.392 e. The fourth-order valence-electron chi connectivity index (χ4n) is 7.98. The fourth-order valence-corrected chi connectivity index (χ4v) is 7.98. The Morgan fingerprint density at radius 2 is 1.97 bits per heavy atom. The van der Waals surface area contributed by atoms with Gasteiger partial charge in [-0.1, -0.05) is 76.2 Å². The number of rotatable bonds is 9. The third-order valence-electron chi connectivity index (χ3n) is 10.5. The van der Waals surface area contributed by atoms with Crippen molar-refractivity contribution in [3.8, 4) is 0 Å². The molecule has 4 aliphatic carbocycles. The van der Waals surface area contributed by atoms with Crippen LogP contribution in [0.1, 0.15) is 110 Å². The third-order valence-corrected chi connectivity index (χ3v) is 10.5. The zero-order chi connectivity index (χ0) is 26.8. The first-order valence-corrected chi connectivity index (χ1v) is 16.4. The van der Waals surface area contributed by atoms with Gasteiger partial charge in [0.1, 0.15) is 5.84 Å². The lowest BCUT2D eigenvalue weighted by molar-refractivity contribution is 0.0331. The Morgan fingerprint density at radius 1 is 1.10 bits per heavy atom. The molecule has 2 heterocycles. The maximum atomic E-state index is 10.9. The van der Waals surface area contributed by atoms with E-state index in [9.17, 15) is 5.11 Å². The minimum atomic E-state index is -0.347. The first-order chi connectivity index (χ1) is 19.1. The second-order valence-corrected chi connectivity index (χ2v) is 13.1. The van der Waals surface area contributed by atoms with E-state index >= 15 is 0 Å². The van der Waals surface area contributed by atoms with E-state index in [4.69, 9.17) is 19.5 Å². The zero-order valence-corrected chi connectivity index (χ0v) is 24.3. The summed E-state index contributed by atoms with van der Waals surface area (Å²) in [6.07, 6.45) is 24.3.